The van der Waals surface area contributed by atoms with E-state index in [4.69, 9.17) is 4.74 Å². The van der Waals surface area contributed by atoms with Gasteiger partial charge in [-0.15, -0.1) is 0 Å². The Morgan fingerprint density at radius 3 is 2.48 bits per heavy atom. The Morgan fingerprint density at radius 1 is 1.14 bits per heavy atom. The van der Waals surface area contributed by atoms with E-state index in [2.05, 4.69) is 5.32 Å². The van der Waals surface area contributed by atoms with Crippen molar-refractivity contribution in [1.82, 2.24) is 0 Å². The van der Waals surface area contributed by atoms with Crippen LogP contribution in [0.3, 0.4) is 0 Å². The number of carboxylic acids is 1. The summed E-state index contributed by atoms with van der Waals surface area (Å²) in [6.07, 6.45) is 0. The number of carboxylic acid groups (broad SMARTS) is 1. The highest BCUT2D eigenvalue weighted by molar-refractivity contribution is 5.80. The number of ether oxygens (including phenoxy) is 1. The van der Waals surface area contributed by atoms with Gasteiger partial charge in [0.2, 0.25) is 0 Å². The standard InChI is InChI=1S/C17H19NO3/c1-11-8-9-13(10-12(11)2)16(17(19)20)18-14-6-4-5-7-15(14)21-3/h4-10,16,18H,1-3H3,(H,19,20). The normalized spacial score (nSPS) is 11.8. The molecule has 0 saturated carbocycles. The molecule has 0 radical (unpaired) electrons. The van der Waals surface area contributed by atoms with Crippen LogP contribution in [0.2, 0.25) is 0 Å². The number of para-hydroxylation sites is 2. The first-order valence-electron chi connectivity index (χ1n) is 6.72. The minimum atomic E-state index is -0.927. The van der Waals surface area contributed by atoms with Crippen LogP contribution >= 0.6 is 0 Å². The van der Waals surface area contributed by atoms with Crippen molar-refractivity contribution in [2.45, 2.75) is 19.9 Å². The second kappa shape index (κ2) is 6.31. The lowest BCUT2D eigenvalue weighted by molar-refractivity contribution is -0.138. The van der Waals surface area contributed by atoms with Crippen LogP contribution < -0.4 is 10.1 Å². The molecule has 0 fully saturated rings. The van der Waals surface area contributed by atoms with Gasteiger partial charge in [0, 0.05) is 0 Å². The summed E-state index contributed by atoms with van der Waals surface area (Å²) in [4.78, 5) is 11.6. The third kappa shape index (κ3) is 3.34. The molecule has 1 unspecified atom stereocenters. The van der Waals surface area contributed by atoms with Crippen molar-refractivity contribution in [3.05, 3.63) is 59.2 Å². The Hall–Kier alpha value is -2.49. The van der Waals surface area contributed by atoms with Gasteiger partial charge in [-0.05, 0) is 42.7 Å². The topological polar surface area (TPSA) is 58.6 Å². The molecule has 0 amide bonds. The van der Waals surface area contributed by atoms with Crippen LogP contribution in [0.25, 0.3) is 0 Å². The second-order valence-electron chi connectivity index (χ2n) is 4.96. The number of hydrogen-bond acceptors (Lipinski definition) is 3. The van der Waals surface area contributed by atoms with Crippen LogP contribution in [0, 0.1) is 13.8 Å². The molecule has 0 aliphatic heterocycles. The first-order valence-corrected chi connectivity index (χ1v) is 6.72. The van der Waals surface area contributed by atoms with Crippen LogP contribution in [0.15, 0.2) is 42.5 Å². The summed E-state index contributed by atoms with van der Waals surface area (Å²) in [5.41, 5.74) is 3.59. The number of hydrogen-bond donors (Lipinski definition) is 2. The first kappa shape index (κ1) is 14.9. The molecule has 1 atom stereocenters. The zero-order chi connectivity index (χ0) is 15.4. The lowest BCUT2D eigenvalue weighted by Crippen LogP contribution is -2.21. The number of aryl methyl sites for hydroxylation is 2. The quantitative estimate of drug-likeness (QED) is 0.882. The van der Waals surface area contributed by atoms with Crippen molar-refractivity contribution in [2.75, 3.05) is 12.4 Å². The minimum absolute atomic E-state index is 0.618. The second-order valence-corrected chi connectivity index (χ2v) is 4.96. The van der Waals surface area contributed by atoms with Gasteiger partial charge in [0.1, 0.15) is 5.75 Å². The summed E-state index contributed by atoms with van der Waals surface area (Å²) in [6.45, 7) is 3.98. The largest absolute Gasteiger partial charge is 0.495 e. The molecule has 4 nitrogen and oxygen atoms in total. The fraction of sp³-hybridized carbons (Fsp3) is 0.235. The predicted molar refractivity (Wildman–Crippen MR) is 82.9 cm³/mol. The SMILES string of the molecule is COc1ccccc1NC(C(=O)O)c1ccc(C)c(C)c1. The van der Waals surface area contributed by atoms with E-state index in [-0.39, 0.29) is 0 Å². The lowest BCUT2D eigenvalue weighted by atomic mass is 10.0. The number of carbonyl (C=O) groups is 1. The van der Waals surface area contributed by atoms with Crippen molar-refractivity contribution in [2.24, 2.45) is 0 Å². The van der Waals surface area contributed by atoms with E-state index in [0.29, 0.717) is 11.4 Å². The van der Waals surface area contributed by atoms with Crippen LogP contribution in [0.5, 0.6) is 5.75 Å². The molecule has 2 N–H and O–H groups in total. The average molecular weight is 285 g/mol. The molecule has 110 valence electrons. The van der Waals surface area contributed by atoms with E-state index in [1.807, 2.05) is 44.2 Å². The van der Waals surface area contributed by atoms with E-state index >= 15 is 0 Å². The summed E-state index contributed by atoms with van der Waals surface area (Å²) in [7, 11) is 1.56. The Labute approximate surface area is 124 Å². The molecule has 0 aliphatic carbocycles. The molecule has 4 heteroatoms. The molecular formula is C17H19NO3. The van der Waals surface area contributed by atoms with Gasteiger partial charge >= 0.3 is 5.97 Å². The Balaban J connectivity index is 2.35. The average Bonchev–Trinajstić information content (AvgIpc) is 2.48. The van der Waals surface area contributed by atoms with Crippen LogP contribution in [0.1, 0.15) is 22.7 Å². The molecule has 0 aromatic heterocycles. The number of nitrogens with one attached hydrogen (secondary N) is 1. The van der Waals surface area contributed by atoms with E-state index in [1.165, 1.54) is 0 Å². The number of aliphatic carboxylic acids is 1. The first-order chi connectivity index (χ1) is 10.0. The molecule has 2 aromatic rings. The van der Waals surface area contributed by atoms with E-state index in [1.54, 1.807) is 19.2 Å². The minimum Gasteiger partial charge on any atom is -0.495 e. The molecule has 2 aromatic carbocycles. The maximum Gasteiger partial charge on any atom is 0.330 e. The van der Waals surface area contributed by atoms with Crippen molar-refractivity contribution in [1.29, 1.82) is 0 Å². The number of anilines is 1. The van der Waals surface area contributed by atoms with Gasteiger partial charge in [0.15, 0.2) is 6.04 Å². The van der Waals surface area contributed by atoms with Gasteiger partial charge in [0.25, 0.3) is 0 Å². The van der Waals surface area contributed by atoms with Crippen molar-refractivity contribution >= 4 is 11.7 Å². The number of rotatable bonds is 5. The van der Waals surface area contributed by atoms with Gasteiger partial charge in [-0.25, -0.2) is 4.79 Å². The fourth-order valence-corrected chi connectivity index (χ4v) is 2.15. The third-order valence-electron chi connectivity index (χ3n) is 3.52. The number of benzene rings is 2. The van der Waals surface area contributed by atoms with E-state index in [0.717, 1.165) is 16.7 Å². The molecule has 0 aliphatic rings. The van der Waals surface area contributed by atoms with Crippen molar-refractivity contribution < 1.29 is 14.6 Å². The van der Waals surface area contributed by atoms with Gasteiger partial charge in [0.05, 0.1) is 12.8 Å². The maximum absolute atomic E-state index is 11.6. The van der Waals surface area contributed by atoms with Gasteiger partial charge in [-0.1, -0.05) is 30.3 Å². The lowest BCUT2D eigenvalue weighted by Gasteiger charge is -2.19. The van der Waals surface area contributed by atoms with Crippen molar-refractivity contribution in [3.63, 3.8) is 0 Å². The van der Waals surface area contributed by atoms with E-state index in [9.17, 15) is 9.90 Å². The highest BCUT2D eigenvalue weighted by Crippen LogP contribution is 2.28. The smallest absolute Gasteiger partial charge is 0.330 e. The zero-order valence-corrected chi connectivity index (χ0v) is 12.4. The molecule has 0 heterocycles. The highest BCUT2D eigenvalue weighted by atomic mass is 16.5. The fourth-order valence-electron chi connectivity index (χ4n) is 2.15. The molecule has 0 saturated heterocycles. The molecule has 21 heavy (non-hydrogen) atoms. The molecular weight excluding hydrogens is 266 g/mol. The van der Waals surface area contributed by atoms with Crippen LogP contribution in [-0.4, -0.2) is 18.2 Å². The molecule has 0 spiro atoms. The summed E-state index contributed by atoms with van der Waals surface area (Å²) in [5, 5.41) is 12.5. The predicted octanol–water partition coefficient (Wildman–Crippen LogP) is 3.55. The third-order valence-corrected chi connectivity index (χ3v) is 3.52. The summed E-state index contributed by atoms with van der Waals surface area (Å²) >= 11 is 0. The molecule has 0 bridgehead atoms. The van der Waals surface area contributed by atoms with Gasteiger partial charge in [-0.2, -0.15) is 0 Å². The van der Waals surface area contributed by atoms with Crippen molar-refractivity contribution in [3.8, 4) is 5.75 Å². The maximum atomic E-state index is 11.6. The van der Waals surface area contributed by atoms with Crippen LogP contribution in [0.4, 0.5) is 5.69 Å². The molecule has 2 rings (SSSR count). The Morgan fingerprint density at radius 2 is 1.86 bits per heavy atom. The summed E-state index contributed by atoms with van der Waals surface area (Å²) in [5.74, 6) is -0.309. The summed E-state index contributed by atoms with van der Waals surface area (Å²) in [6, 6.07) is 12.1. The van der Waals surface area contributed by atoms with E-state index < -0.39 is 12.0 Å². The summed E-state index contributed by atoms with van der Waals surface area (Å²) < 4.78 is 5.25. The monoisotopic (exact) mass is 285 g/mol. The van der Waals surface area contributed by atoms with Gasteiger partial charge in [-0.3, -0.25) is 0 Å². The van der Waals surface area contributed by atoms with Gasteiger partial charge < -0.3 is 15.2 Å². The Kier molecular flexibility index (Phi) is 4.48. The number of methoxy groups -OCH3 is 1. The zero-order valence-electron chi connectivity index (χ0n) is 12.4. The Bertz CT molecular complexity index is 652. The highest BCUT2D eigenvalue weighted by Gasteiger charge is 2.21. The van der Waals surface area contributed by atoms with Crippen LogP contribution in [-0.2, 0) is 4.79 Å².